The first-order chi connectivity index (χ1) is 8.46. The molecule has 0 aromatic carbocycles. The van der Waals surface area contributed by atoms with Gasteiger partial charge in [0.15, 0.2) is 0 Å². The van der Waals surface area contributed by atoms with Gasteiger partial charge in [-0.05, 0) is 51.8 Å². The Kier molecular flexibility index (Phi) is 4.64. The predicted octanol–water partition coefficient (Wildman–Crippen LogP) is 2.75. The van der Waals surface area contributed by atoms with Gasteiger partial charge in [0.2, 0.25) is 5.88 Å². The van der Waals surface area contributed by atoms with Crippen molar-refractivity contribution in [2.45, 2.75) is 25.6 Å². The van der Waals surface area contributed by atoms with Crippen LogP contribution < -0.4 is 10.1 Å². The summed E-state index contributed by atoms with van der Waals surface area (Å²) in [5.74, 6) is 0.588. The van der Waals surface area contributed by atoms with Crippen molar-refractivity contribution in [1.29, 1.82) is 0 Å². The van der Waals surface area contributed by atoms with Crippen molar-refractivity contribution >= 4 is 31.9 Å². The van der Waals surface area contributed by atoms with Crippen molar-refractivity contribution in [3.8, 4) is 5.88 Å². The van der Waals surface area contributed by atoms with Gasteiger partial charge in [-0.3, -0.25) is 0 Å². The molecule has 2 heterocycles. The van der Waals surface area contributed by atoms with Gasteiger partial charge in [0.1, 0.15) is 12.7 Å². The molecule has 1 unspecified atom stereocenters. The van der Waals surface area contributed by atoms with Crippen molar-refractivity contribution < 1.29 is 9.47 Å². The van der Waals surface area contributed by atoms with Crippen molar-refractivity contribution in [1.82, 2.24) is 10.3 Å². The summed E-state index contributed by atoms with van der Waals surface area (Å²) in [6.45, 7) is 6.30. The minimum absolute atomic E-state index is 0.0473. The third-order valence-corrected chi connectivity index (χ3v) is 3.59. The zero-order valence-electron chi connectivity index (χ0n) is 10.4. The first kappa shape index (κ1) is 14.2. The molecule has 0 amide bonds. The fourth-order valence-electron chi connectivity index (χ4n) is 1.84. The maximum atomic E-state index is 5.92. The van der Waals surface area contributed by atoms with E-state index >= 15 is 0 Å². The Hall–Kier alpha value is -0.170. The van der Waals surface area contributed by atoms with Crippen LogP contribution in [0.1, 0.15) is 13.8 Å². The quantitative estimate of drug-likeness (QED) is 0.876. The standard InChI is InChI=1S/C12H16Br2N2O2/c1-12(2)7-15-5-9(18-12)6-17-11-10(14)3-8(13)4-16-11/h3-4,9,15H,5-7H2,1-2H3. The van der Waals surface area contributed by atoms with Gasteiger partial charge in [-0.2, -0.15) is 0 Å². The molecule has 100 valence electrons. The molecule has 1 atom stereocenters. The second kappa shape index (κ2) is 5.86. The van der Waals surface area contributed by atoms with E-state index in [9.17, 15) is 0 Å². The van der Waals surface area contributed by atoms with E-state index in [0.717, 1.165) is 22.0 Å². The molecule has 18 heavy (non-hydrogen) atoms. The van der Waals surface area contributed by atoms with Crippen molar-refractivity contribution in [2.24, 2.45) is 0 Å². The van der Waals surface area contributed by atoms with Crippen LogP contribution in [0.2, 0.25) is 0 Å². The van der Waals surface area contributed by atoms with E-state index in [1.54, 1.807) is 6.20 Å². The molecule has 0 bridgehead atoms. The van der Waals surface area contributed by atoms with Gasteiger partial charge in [0, 0.05) is 23.8 Å². The summed E-state index contributed by atoms with van der Waals surface area (Å²) in [6.07, 6.45) is 1.76. The molecule has 0 spiro atoms. The first-order valence-corrected chi connectivity index (χ1v) is 7.37. The molecule has 0 aliphatic carbocycles. The van der Waals surface area contributed by atoms with Crippen LogP contribution in [0.4, 0.5) is 0 Å². The third kappa shape index (κ3) is 3.91. The van der Waals surface area contributed by atoms with Gasteiger partial charge in [-0.25, -0.2) is 4.98 Å². The van der Waals surface area contributed by atoms with Gasteiger partial charge in [-0.1, -0.05) is 0 Å². The Bertz CT molecular complexity index is 427. The Morgan fingerprint density at radius 1 is 1.56 bits per heavy atom. The second-order valence-corrected chi connectivity index (χ2v) is 6.65. The molecular weight excluding hydrogens is 364 g/mol. The van der Waals surface area contributed by atoms with Crippen LogP contribution in [0, 0.1) is 0 Å². The number of hydrogen-bond donors (Lipinski definition) is 1. The summed E-state index contributed by atoms with van der Waals surface area (Å²) in [5.41, 5.74) is -0.142. The lowest BCUT2D eigenvalue weighted by Crippen LogP contribution is -2.52. The van der Waals surface area contributed by atoms with Crippen molar-refractivity contribution in [3.05, 3.63) is 21.2 Å². The summed E-state index contributed by atoms with van der Waals surface area (Å²) in [6, 6.07) is 1.91. The van der Waals surface area contributed by atoms with Crippen LogP contribution in [0.25, 0.3) is 0 Å². The highest BCUT2D eigenvalue weighted by Crippen LogP contribution is 2.26. The van der Waals surface area contributed by atoms with Crippen LogP contribution in [0.3, 0.4) is 0 Å². The topological polar surface area (TPSA) is 43.4 Å². The molecule has 1 aromatic rings. The maximum Gasteiger partial charge on any atom is 0.228 e. The predicted molar refractivity (Wildman–Crippen MR) is 77.0 cm³/mol. The zero-order valence-corrected chi connectivity index (χ0v) is 13.5. The highest BCUT2D eigenvalue weighted by atomic mass is 79.9. The fraction of sp³-hybridized carbons (Fsp3) is 0.583. The van der Waals surface area contributed by atoms with E-state index < -0.39 is 0 Å². The Labute approximate surface area is 124 Å². The summed E-state index contributed by atoms with van der Waals surface area (Å²) < 4.78 is 13.3. The summed E-state index contributed by atoms with van der Waals surface area (Å²) in [7, 11) is 0. The van der Waals surface area contributed by atoms with Gasteiger partial charge in [-0.15, -0.1) is 0 Å². The van der Waals surface area contributed by atoms with Crippen LogP contribution >= 0.6 is 31.9 Å². The third-order valence-electron chi connectivity index (χ3n) is 2.59. The van der Waals surface area contributed by atoms with Gasteiger partial charge in [0.25, 0.3) is 0 Å². The molecule has 1 saturated heterocycles. The Morgan fingerprint density at radius 3 is 3.00 bits per heavy atom. The first-order valence-electron chi connectivity index (χ1n) is 5.79. The molecule has 1 aliphatic heterocycles. The minimum Gasteiger partial charge on any atom is -0.474 e. The van der Waals surface area contributed by atoms with Crippen LogP contribution in [0.15, 0.2) is 21.2 Å². The zero-order chi connectivity index (χ0) is 13.2. The van der Waals surface area contributed by atoms with E-state index in [1.165, 1.54) is 0 Å². The van der Waals surface area contributed by atoms with Crippen molar-refractivity contribution in [3.63, 3.8) is 0 Å². The van der Waals surface area contributed by atoms with E-state index in [-0.39, 0.29) is 11.7 Å². The van der Waals surface area contributed by atoms with E-state index in [4.69, 9.17) is 9.47 Å². The Balaban J connectivity index is 1.91. The van der Waals surface area contributed by atoms with Crippen LogP contribution in [-0.4, -0.2) is 36.4 Å². The van der Waals surface area contributed by atoms with E-state index in [1.807, 2.05) is 6.07 Å². The number of morpholine rings is 1. The minimum atomic E-state index is -0.142. The van der Waals surface area contributed by atoms with Gasteiger partial charge in [0.05, 0.1) is 10.1 Å². The number of nitrogens with one attached hydrogen (secondary N) is 1. The molecular formula is C12H16Br2N2O2. The SMILES string of the molecule is CC1(C)CNCC(COc2ncc(Br)cc2Br)O1. The number of rotatable bonds is 3. The van der Waals surface area contributed by atoms with E-state index in [0.29, 0.717) is 12.5 Å². The van der Waals surface area contributed by atoms with Crippen LogP contribution in [0.5, 0.6) is 5.88 Å². The number of hydrogen-bond acceptors (Lipinski definition) is 4. The molecule has 2 rings (SSSR count). The molecule has 4 nitrogen and oxygen atoms in total. The number of ether oxygens (including phenoxy) is 2. The normalized spacial score (nSPS) is 22.8. The highest BCUT2D eigenvalue weighted by molar-refractivity contribution is 9.11. The monoisotopic (exact) mass is 378 g/mol. The fourth-order valence-corrected chi connectivity index (χ4v) is 2.94. The summed E-state index contributed by atoms with van der Waals surface area (Å²) in [4.78, 5) is 4.21. The summed E-state index contributed by atoms with van der Waals surface area (Å²) >= 11 is 6.78. The summed E-state index contributed by atoms with van der Waals surface area (Å²) in [5, 5.41) is 3.34. The number of pyridine rings is 1. The average Bonchev–Trinajstić information content (AvgIpc) is 2.26. The lowest BCUT2D eigenvalue weighted by Gasteiger charge is -2.36. The smallest absolute Gasteiger partial charge is 0.228 e. The second-order valence-electron chi connectivity index (χ2n) is 4.88. The average molecular weight is 380 g/mol. The van der Waals surface area contributed by atoms with Gasteiger partial charge >= 0.3 is 0 Å². The number of nitrogens with zero attached hydrogens (tertiary/aromatic N) is 1. The molecule has 1 fully saturated rings. The van der Waals surface area contributed by atoms with E-state index in [2.05, 4.69) is 56.0 Å². The van der Waals surface area contributed by atoms with Crippen LogP contribution in [-0.2, 0) is 4.74 Å². The van der Waals surface area contributed by atoms with Gasteiger partial charge < -0.3 is 14.8 Å². The lowest BCUT2D eigenvalue weighted by molar-refractivity contribution is -0.107. The molecule has 6 heteroatoms. The lowest BCUT2D eigenvalue weighted by atomic mass is 10.1. The number of halogens is 2. The highest BCUT2D eigenvalue weighted by Gasteiger charge is 2.28. The molecule has 0 saturated carbocycles. The van der Waals surface area contributed by atoms with Crippen molar-refractivity contribution in [2.75, 3.05) is 19.7 Å². The molecule has 0 radical (unpaired) electrons. The molecule has 1 aliphatic rings. The Morgan fingerprint density at radius 2 is 2.33 bits per heavy atom. The maximum absolute atomic E-state index is 5.92. The number of aromatic nitrogens is 1. The molecule has 1 aromatic heterocycles. The molecule has 1 N–H and O–H groups in total. The largest absolute Gasteiger partial charge is 0.474 e.